The van der Waals surface area contributed by atoms with E-state index in [9.17, 15) is 0 Å². The second-order valence-electron chi connectivity index (χ2n) is 0. The van der Waals surface area contributed by atoms with Crippen molar-refractivity contribution in [1.29, 1.82) is 0 Å². The molecule has 1 radical (unpaired) electrons. The molecule has 0 amide bonds. The fourth-order valence-corrected chi connectivity index (χ4v) is 0. The summed E-state index contributed by atoms with van der Waals surface area (Å²) >= 11 is 0. The molecule has 0 saturated heterocycles. The van der Waals surface area contributed by atoms with Crippen molar-refractivity contribution in [1.82, 2.24) is 0 Å². The molecule has 4 heavy (non-hydrogen) atoms. The van der Waals surface area contributed by atoms with Gasteiger partial charge in [-0.25, -0.2) is 0 Å². The molecule has 0 aliphatic carbocycles. The van der Waals surface area contributed by atoms with Crippen molar-refractivity contribution in [3.05, 3.63) is 0 Å². The van der Waals surface area contributed by atoms with Gasteiger partial charge in [-0.1, -0.05) is 0 Å². The van der Waals surface area contributed by atoms with Gasteiger partial charge in [0.15, 0.2) is 0 Å². The molecule has 0 aromatic rings. The van der Waals surface area contributed by atoms with Crippen molar-refractivity contribution in [2.75, 3.05) is 7.11 Å². The Labute approximate surface area is 45.9 Å². The summed E-state index contributed by atoms with van der Waals surface area (Å²) in [6.45, 7) is 0. The summed E-state index contributed by atoms with van der Waals surface area (Å²) < 4.78 is 0. The number of aliphatic hydroxyl groups excluding tert-OH is 1. The monoisotopic (exact) mass is 149 g/mol. The van der Waals surface area contributed by atoms with Crippen molar-refractivity contribution in [3.8, 4) is 0 Å². The molecular formula is CH4CoNiO. The first-order valence-corrected chi connectivity index (χ1v) is 0.447. The second kappa shape index (κ2) is 37.6. The summed E-state index contributed by atoms with van der Waals surface area (Å²) in [6.07, 6.45) is 0. The predicted molar refractivity (Wildman–Crippen MR) is 8.14 cm³/mol. The molecule has 0 aliphatic heterocycles. The van der Waals surface area contributed by atoms with E-state index in [0.717, 1.165) is 7.11 Å². The van der Waals surface area contributed by atoms with Gasteiger partial charge in [-0.05, 0) is 0 Å². The van der Waals surface area contributed by atoms with Crippen LogP contribution < -0.4 is 0 Å². The average Bonchev–Trinajstić information content (AvgIpc) is 1.00. The van der Waals surface area contributed by atoms with Gasteiger partial charge in [0.05, 0.1) is 0 Å². The number of rotatable bonds is 0. The fourth-order valence-electron chi connectivity index (χ4n) is 0. The minimum Gasteiger partial charge on any atom is -0.400 e. The summed E-state index contributed by atoms with van der Waals surface area (Å²) in [4.78, 5) is 0. The second-order valence-corrected chi connectivity index (χ2v) is 0. The largest absolute Gasteiger partial charge is 0.400 e. The molecule has 1 nitrogen and oxygen atoms in total. The molecular weight excluding hydrogens is 146 g/mol. The van der Waals surface area contributed by atoms with E-state index in [1.165, 1.54) is 0 Å². The van der Waals surface area contributed by atoms with E-state index < -0.39 is 0 Å². The van der Waals surface area contributed by atoms with Gasteiger partial charge < -0.3 is 5.11 Å². The molecule has 0 heterocycles. The minimum atomic E-state index is 0. The number of hydrogen-bond acceptors (Lipinski definition) is 1. The van der Waals surface area contributed by atoms with Gasteiger partial charge in [0.2, 0.25) is 0 Å². The van der Waals surface area contributed by atoms with Crippen molar-refractivity contribution < 1.29 is 38.4 Å². The summed E-state index contributed by atoms with van der Waals surface area (Å²) in [5, 5.41) is 7.00. The van der Waals surface area contributed by atoms with E-state index in [2.05, 4.69) is 0 Å². The Kier molecular flexibility index (Phi) is 191. The van der Waals surface area contributed by atoms with Gasteiger partial charge in [0.1, 0.15) is 0 Å². The zero-order chi connectivity index (χ0) is 2.00. The molecule has 0 saturated carbocycles. The Hall–Kier alpha value is 0.960. The molecule has 3 heteroatoms. The van der Waals surface area contributed by atoms with Gasteiger partial charge in [-0.15, -0.1) is 0 Å². The van der Waals surface area contributed by atoms with Crippen LogP contribution in [0.1, 0.15) is 0 Å². The molecule has 0 aromatic carbocycles. The summed E-state index contributed by atoms with van der Waals surface area (Å²) in [6, 6.07) is 0. The van der Waals surface area contributed by atoms with Crippen molar-refractivity contribution >= 4 is 0 Å². The third kappa shape index (κ3) is 12.3. The molecule has 33 valence electrons. The van der Waals surface area contributed by atoms with Gasteiger partial charge in [0, 0.05) is 40.4 Å². The third-order valence-electron chi connectivity index (χ3n) is 0. The molecule has 0 unspecified atom stereocenters. The third-order valence-corrected chi connectivity index (χ3v) is 0. The number of hydrogen-bond donors (Lipinski definition) is 1. The maximum atomic E-state index is 7.00. The Balaban J connectivity index is -0.00000000500. The van der Waals surface area contributed by atoms with Gasteiger partial charge in [-0.2, -0.15) is 0 Å². The number of aliphatic hydroxyl groups is 1. The van der Waals surface area contributed by atoms with Crippen LogP contribution in [0.3, 0.4) is 0 Å². The van der Waals surface area contributed by atoms with E-state index in [-0.39, 0.29) is 33.3 Å². The molecule has 0 spiro atoms. The maximum absolute atomic E-state index is 7.00. The van der Waals surface area contributed by atoms with Crippen LogP contribution >= 0.6 is 0 Å². The normalized spacial score (nSPS) is 1.50. The maximum Gasteiger partial charge on any atom is 0.0319 e. The van der Waals surface area contributed by atoms with E-state index in [1.54, 1.807) is 0 Å². The first-order valence-electron chi connectivity index (χ1n) is 0.447. The molecule has 0 atom stereocenters. The minimum absolute atomic E-state index is 0. The van der Waals surface area contributed by atoms with Gasteiger partial charge >= 0.3 is 0 Å². The van der Waals surface area contributed by atoms with Crippen LogP contribution in [0.15, 0.2) is 0 Å². The first-order chi connectivity index (χ1) is 1.00. The van der Waals surface area contributed by atoms with Gasteiger partial charge in [-0.3, -0.25) is 0 Å². The SMILES string of the molecule is CO.[Co].[Ni]. The average molecular weight is 150 g/mol. The summed E-state index contributed by atoms with van der Waals surface area (Å²) in [5.41, 5.74) is 0. The van der Waals surface area contributed by atoms with Crippen molar-refractivity contribution in [2.24, 2.45) is 0 Å². The smallest absolute Gasteiger partial charge is 0.0319 e. The molecule has 0 aromatic heterocycles. The summed E-state index contributed by atoms with van der Waals surface area (Å²) in [7, 11) is 1.00. The standard InChI is InChI=1S/CH4O.Co.Ni/c1-2;;/h2H,1H3;;. The zero-order valence-electron chi connectivity index (χ0n) is 2.10. The fraction of sp³-hybridized carbons (Fsp3) is 1.00. The van der Waals surface area contributed by atoms with Crippen LogP contribution in [0.25, 0.3) is 0 Å². The Morgan fingerprint density at radius 1 is 1.25 bits per heavy atom. The zero-order valence-corrected chi connectivity index (χ0v) is 4.13. The van der Waals surface area contributed by atoms with Crippen molar-refractivity contribution in [3.63, 3.8) is 0 Å². The van der Waals surface area contributed by atoms with E-state index >= 15 is 0 Å². The van der Waals surface area contributed by atoms with Crippen molar-refractivity contribution in [2.45, 2.75) is 0 Å². The van der Waals surface area contributed by atoms with Crippen LogP contribution in [0.5, 0.6) is 0 Å². The van der Waals surface area contributed by atoms with Gasteiger partial charge in [0.25, 0.3) is 0 Å². The summed E-state index contributed by atoms with van der Waals surface area (Å²) in [5.74, 6) is 0. The first kappa shape index (κ1) is 20.2. The Morgan fingerprint density at radius 2 is 1.25 bits per heavy atom. The van der Waals surface area contributed by atoms with E-state index in [0.29, 0.717) is 0 Å². The van der Waals surface area contributed by atoms with Crippen LogP contribution in [0, 0.1) is 0 Å². The molecule has 1 N–H and O–H groups in total. The quantitative estimate of drug-likeness (QED) is 0.465. The molecule has 0 aliphatic rings. The Morgan fingerprint density at radius 3 is 1.25 bits per heavy atom. The van der Waals surface area contributed by atoms with Crippen LogP contribution in [0.4, 0.5) is 0 Å². The van der Waals surface area contributed by atoms with E-state index in [1.807, 2.05) is 0 Å². The van der Waals surface area contributed by atoms with Crippen LogP contribution in [-0.2, 0) is 33.3 Å². The molecule has 0 rings (SSSR count). The molecule has 0 fully saturated rings. The predicted octanol–water partition coefficient (Wildman–Crippen LogP) is -0.397. The van der Waals surface area contributed by atoms with Crippen LogP contribution in [-0.4, -0.2) is 12.2 Å². The van der Waals surface area contributed by atoms with E-state index in [4.69, 9.17) is 5.11 Å². The van der Waals surface area contributed by atoms with Crippen LogP contribution in [0.2, 0.25) is 0 Å². The topological polar surface area (TPSA) is 20.2 Å². The molecule has 0 bridgehead atoms. The Bertz CT molecular complexity index is 8.00.